The zero-order valence-electron chi connectivity index (χ0n) is 23.7. The summed E-state index contributed by atoms with van der Waals surface area (Å²) in [5.41, 5.74) is 1.67. The van der Waals surface area contributed by atoms with Crippen LogP contribution in [-0.2, 0) is 6.18 Å². The summed E-state index contributed by atoms with van der Waals surface area (Å²) in [7, 11) is 5.26. The Morgan fingerprint density at radius 1 is 0.976 bits per heavy atom. The number of methoxy groups -OCH3 is 1. The van der Waals surface area contributed by atoms with Crippen LogP contribution in [0.15, 0.2) is 54.9 Å². The number of carbonyl (C=O) groups is 1. The topological polar surface area (TPSA) is 91.9 Å². The van der Waals surface area contributed by atoms with Crippen LogP contribution in [0.3, 0.4) is 0 Å². The van der Waals surface area contributed by atoms with E-state index < -0.39 is 17.6 Å². The lowest BCUT2D eigenvalue weighted by Gasteiger charge is -2.35. The standard InChI is InChI=1S/C30H31F3N6O3/c1-18-5-6-19(13-26(18)42-29-21-15-27(41-4)24(34-2)16-23(21)35-17-36-29)28(40)37-20-7-8-25(22(14-20)30(31,32)33)39-11-9-38(3)10-12-39/h5-8,13-17,34H,9-12H2,1-4H3,(H,37,40). The van der Waals surface area contributed by atoms with E-state index in [0.29, 0.717) is 48.6 Å². The number of carbonyl (C=O) groups excluding carboxylic acids is 1. The molecule has 1 aliphatic rings. The highest BCUT2D eigenvalue weighted by molar-refractivity contribution is 6.04. The van der Waals surface area contributed by atoms with Gasteiger partial charge in [-0.1, -0.05) is 6.07 Å². The summed E-state index contributed by atoms with van der Waals surface area (Å²) in [6.45, 7) is 4.13. The Morgan fingerprint density at radius 3 is 2.43 bits per heavy atom. The van der Waals surface area contributed by atoms with E-state index in [-0.39, 0.29) is 22.8 Å². The van der Waals surface area contributed by atoms with E-state index in [4.69, 9.17) is 9.47 Å². The Bertz CT molecular complexity index is 1620. The van der Waals surface area contributed by atoms with Crippen molar-refractivity contribution in [1.29, 1.82) is 0 Å². The Kier molecular flexibility index (Phi) is 8.08. The minimum atomic E-state index is -4.58. The molecule has 0 saturated carbocycles. The number of nitrogens with one attached hydrogen (secondary N) is 2. The first-order valence-electron chi connectivity index (χ1n) is 13.3. The molecule has 9 nitrogen and oxygen atoms in total. The first-order chi connectivity index (χ1) is 20.1. The monoisotopic (exact) mass is 580 g/mol. The number of hydrogen-bond donors (Lipinski definition) is 2. The Balaban J connectivity index is 1.40. The minimum absolute atomic E-state index is 0.0440. The molecule has 0 radical (unpaired) electrons. The van der Waals surface area contributed by atoms with Gasteiger partial charge >= 0.3 is 6.18 Å². The molecule has 220 valence electrons. The molecular formula is C30H31F3N6O3. The van der Waals surface area contributed by atoms with Crippen LogP contribution in [0.1, 0.15) is 21.5 Å². The van der Waals surface area contributed by atoms with Crippen molar-refractivity contribution in [3.63, 3.8) is 0 Å². The van der Waals surface area contributed by atoms with Crippen LogP contribution in [0, 0.1) is 6.92 Å². The fraction of sp³-hybridized carbons (Fsp3) is 0.300. The number of anilines is 3. The van der Waals surface area contributed by atoms with Crippen LogP contribution in [0.5, 0.6) is 17.4 Å². The second-order valence-corrected chi connectivity index (χ2v) is 10.1. The summed E-state index contributed by atoms with van der Waals surface area (Å²) in [4.78, 5) is 25.6. The molecule has 1 aliphatic heterocycles. The number of likely N-dealkylation sites (N-methyl/N-ethyl adjacent to an activating group) is 1. The SMILES string of the molecule is CNc1cc2ncnc(Oc3cc(C(=O)Nc4ccc(N5CCN(C)CC5)c(C(F)(F)F)c4)ccc3C)c2cc1OC. The number of aryl methyl sites for hydroxylation is 1. The number of nitrogens with zero attached hydrogens (tertiary/aromatic N) is 4. The first kappa shape index (κ1) is 28.9. The maximum absolute atomic E-state index is 14.0. The number of amides is 1. The molecule has 1 amide bonds. The average Bonchev–Trinajstić information content (AvgIpc) is 2.97. The molecule has 2 heterocycles. The molecule has 0 bridgehead atoms. The van der Waals surface area contributed by atoms with Crippen molar-refractivity contribution in [1.82, 2.24) is 14.9 Å². The van der Waals surface area contributed by atoms with Crippen LogP contribution >= 0.6 is 0 Å². The maximum Gasteiger partial charge on any atom is 0.418 e. The van der Waals surface area contributed by atoms with E-state index in [2.05, 4.69) is 25.5 Å². The fourth-order valence-corrected chi connectivity index (χ4v) is 4.83. The Hall–Kier alpha value is -4.58. The minimum Gasteiger partial charge on any atom is -0.495 e. The zero-order chi connectivity index (χ0) is 30.0. The summed E-state index contributed by atoms with van der Waals surface area (Å²) in [6, 6.07) is 12.3. The molecule has 0 aliphatic carbocycles. The highest BCUT2D eigenvalue weighted by Gasteiger charge is 2.36. The van der Waals surface area contributed by atoms with Crippen molar-refractivity contribution >= 4 is 33.9 Å². The van der Waals surface area contributed by atoms with Gasteiger partial charge in [0, 0.05) is 50.2 Å². The molecule has 0 atom stereocenters. The molecular weight excluding hydrogens is 549 g/mol. The summed E-state index contributed by atoms with van der Waals surface area (Å²) in [5.74, 6) is 0.621. The molecule has 0 spiro atoms. The molecule has 5 rings (SSSR count). The largest absolute Gasteiger partial charge is 0.495 e. The first-order valence-corrected chi connectivity index (χ1v) is 13.3. The normalized spacial score (nSPS) is 14.1. The second kappa shape index (κ2) is 11.7. The van der Waals surface area contributed by atoms with Gasteiger partial charge in [0.2, 0.25) is 5.88 Å². The number of aromatic nitrogens is 2. The molecule has 4 aromatic rings. The summed E-state index contributed by atoms with van der Waals surface area (Å²) >= 11 is 0. The lowest BCUT2D eigenvalue weighted by atomic mass is 10.1. The van der Waals surface area contributed by atoms with E-state index in [0.717, 1.165) is 17.3 Å². The summed E-state index contributed by atoms with van der Waals surface area (Å²) < 4.78 is 53.7. The number of fused-ring (bicyclic) bond motifs is 1. The molecule has 0 unspecified atom stereocenters. The predicted octanol–water partition coefficient (Wildman–Crippen LogP) is 5.80. The zero-order valence-corrected chi connectivity index (χ0v) is 23.7. The third-order valence-electron chi connectivity index (χ3n) is 7.25. The number of rotatable bonds is 7. The van der Waals surface area contributed by atoms with E-state index >= 15 is 0 Å². The van der Waals surface area contributed by atoms with Gasteiger partial charge < -0.3 is 29.9 Å². The molecule has 3 aromatic carbocycles. The molecule has 12 heteroatoms. The number of halogens is 3. The maximum atomic E-state index is 14.0. The van der Waals surface area contributed by atoms with E-state index in [1.165, 1.54) is 24.5 Å². The average molecular weight is 581 g/mol. The van der Waals surface area contributed by atoms with E-state index in [9.17, 15) is 18.0 Å². The third-order valence-corrected chi connectivity index (χ3v) is 7.25. The van der Waals surface area contributed by atoms with Crippen LogP contribution in [0.4, 0.5) is 30.2 Å². The molecule has 1 fully saturated rings. The Labute approximate surface area is 241 Å². The van der Waals surface area contributed by atoms with Gasteiger partial charge in [0.15, 0.2) is 0 Å². The number of alkyl halides is 3. The van der Waals surface area contributed by atoms with Gasteiger partial charge in [0.05, 0.1) is 29.3 Å². The molecule has 42 heavy (non-hydrogen) atoms. The molecule has 1 aromatic heterocycles. The van der Waals surface area contributed by atoms with Gasteiger partial charge in [-0.25, -0.2) is 9.97 Å². The summed E-state index contributed by atoms with van der Waals surface area (Å²) in [5, 5.41) is 6.26. The van der Waals surface area contributed by atoms with Gasteiger partial charge in [-0.15, -0.1) is 0 Å². The molecule has 1 saturated heterocycles. The van der Waals surface area contributed by atoms with Crippen molar-refractivity contribution in [2.24, 2.45) is 0 Å². The highest BCUT2D eigenvalue weighted by Crippen LogP contribution is 2.39. The lowest BCUT2D eigenvalue weighted by molar-refractivity contribution is -0.137. The number of piperazine rings is 1. The number of ether oxygens (including phenoxy) is 2. The van der Waals surface area contributed by atoms with Gasteiger partial charge in [-0.05, 0) is 62.0 Å². The van der Waals surface area contributed by atoms with Crippen molar-refractivity contribution in [3.8, 4) is 17.4 Å². The van der Waals surface area contributed by atoms with Crippen LogP contribution in [0.25, 0.3) is 10.9 Å². The Morgan fingerprint density at radius 2 is 1.74 bits per heavy atom. The fourth-order valence-electron chi connectivity index (χ4n) is 4.83. The van der Waals surface area contributed by atoms with E-state index in [1.54, 1.807) is 37.3 Å². The van der Waals surface area contributed by atoms with Crippen molar-refractivity contribution in [3.05, 3.63) is 71.5 Å². The van der Waals surface area contributed by atoms with Crippen molar-refractivity contribution in [2.75, 3.05) is 62.9 Å². The van der Waals surface area contributed by atoms with Gasteiger partial charge in [-0.2, -0.15) is 13.2 Å². The van der Waals surface area contributed by atoms with Gasteiger partial charge in [0.1, 0.15) is 17.8 Å². The summed E-state index contributed by atoms with van der Waals surface area (Å²) in [6.07, 6.45) is -3.21. The van der Waals surface area contributed by atoms with E-state index in [1.807, 2.05) is 20.0 Å². The molecule has 2 N–H and O–H groups in total. The quantitative estimate of drug-likeness (QED) is 0.283. The van der Waals surface area contributed by atoms with Crippen LogP contribution in [-0.4, -0.2) is 68.2 Å². The predicted molar refractivity (Wildman–Crippen MR) is 156 cm³/mol. The van der Waals surface area contributed by atoms with Crippen molar-refractivity contribution in [2.45, 2.75) is 13.1 Å². The van der Waals surface area contributed by atoms with Crippen molar-refractivity contribution < 1.29 is 27.4 Å². The van der Waals surface area contributed by atoms with Crippen LogP contribution < -0.4 is 25.0 Å². The second-order valence-electron chi connectivity index (χ2n) is 10.1. The lowest BCUT2D eigenvalue weighted by Crippen LogP contribution is -2.45. The van der Waals surface area contributed by atoms with Gasteiger partial charge in [0.25, 0.3) is 5.91 Å². The van der Waals surface area contributed by atoms with Gasteiger partial charge in [-0.3, -0.25) is 4.79 Å². The number of benzene rings is 3. The smallest absolute Gasteiger partial charge is 0.418 e. The number of hydrogen-bond acceptors (Lipinski definition) is 8. The van der Waals surface area contributed by atoms with Crippen LogP contribution in [0.2, 0.25) is 0 Å². The highest BCUT2D eigenvalue weighted by atomic mass is 19.4. The third kappa shape index (κ3) is 6.03.